The number of carbonyl (C=O) groups excluding carboxylic acids is 1. The van der Waals surface area contributed by atoms with E-state index in [-0.39, 0.29) is 11.7 Å². The average molecular weight is 354 g/mol. The highest BCUT2D eigenvalue weighted by molar-refractivity contribution is 5.95. The van der Waals surface area contributed by atoms with Crippen molar-refractivity contribution in [2.75, 3.05) is 46.9 Å². The third kappa shape index (κ3) is 4.62. The Balaban J connectivity index is 1.78. The molecule has 1 atom stereocenters. The van der Waals surface area contributed by atoms with Gasteiger partial charge >= 0.3 is 0 Å². The van der Waals surface area contributed by atoms with Gasteiger partial charge in [-0.2, -0.15) is 0 Å². The minimum absolute atomic E-state index is 0.0416. The fourth-order valence-corrected chi connectivity index (χ4v) is 3.36. The van der Waals surface area contributed by atoms with Gasteiger partial charge in [-0.15, -0.1) is 0 Å². The zero-order chi connectivity index (χ0) is 18.5. The van der Waals surface area contributed by atoms with E-state index in [2.05, 4.69) is 4.90 Å². The Morgan fingerprint density at radius 2 is 1.96 bits per heavy atom. The summed E-state index contributed by atoms with van der Waals surface area (Å²) in [5, 5.41) is 9.45. The second-order valence-corrected chi connectivity index (χ2v) is 7.08. The molecule has 5 heteroatoms. The van der Waals surface area contributed by atoms with E-state index in [9.17, 15) is 9.90 Å². The second kappa shape index (κ2) is 8.34. The summed E-state index contributed by atoms with van der Waals surface area (Å²) in [4.78, 5) is 17.1. The number of phenolic OH excluding ortho intramolecular Hbond substituents is 1. The summed E-state index contributed by atoms with van der Waals surface area (Å²) in [6.07, 6.45) is 0. The molecule has 138 valence electrons. The largest absolute Gasteiger partial charge is 0.508 e. The molecule has 0 spiro atoms. The first kappa shape index (κ1) is 18.4. The highest BCUT2D eigenvalue weighted by atomic mass is 16.5. The number of hydrogen-bond donors (Lipinski definition) is 1. The Kier molecular flexibility index (Phi) is 5.91. The molecule has 2 aromatic rings. The number of ether oxygens (including phenoxy) is 1. The lowest BCUT2D eigenvalue weighted by atomic mass is 10.0. The van der Waals surface area contributed by atoms with Gasteiger partial charge in [0.1, 0.15) is 5.75 Å². The Hall–Kier alpha value is -2.37. The molecular formula is C21H26N2O3. The van der Waals surface area contributed by atoms with Crippen LogP contribution in [0.2, 0.25) is 0 Å². The molecule has 0 bridgehead atoms. The topological polar surface area (TPSA) is 53.0 Å². The summed E-state index contributed by atoms with van der Waals surface area (Å²) in [5.74, 6) is 0.592. The van der Waals surface area contributed by atoms with Crippen LogP contribution in [0.5, 0.6) is 5.75 Å². The molecule has 0 aromatic heterocycles. The van der Waals surface area contributed by atoms with Gasteiger partial charge in [0.2, 0.25) is 0 Å². The number of carbonyl (C=O) groups is 1. The quantitative estimate of drug-likeness (QED) is 0.917. The lowest BCUT2D eigenvalue weighted by Gasteiger charge is -2.25. The first-order valence-corrected chi connectivity index (χ1v) is 8.94. The predicted octanol–water partition coefficient (Wildman–Crippen LogP) is 2.71. The van der Waals surface area contributed by atoms with Crippen LogP contribution in [-0.4, -0.2) is 67.8 Å². The van der Waals surface area contributed by atoms with E-state index in [4.69, 9.17) is 4.74 Å². The van der Waals surface area contributed by atoms with Gasteiger partial charge in [0.05, 0.1) is 13.2 Å². The fraction of sp³-hybridized carbons (Fsp3) is 0.381. The fourth-order valence-electron chi connectivity index (χ4n) is 3.36. The molecular weight excluding hydrogens is 328 g/mol. The lowest BCUT2D eigenvalue weighted by molar-refractivity contribution is 0.0735. The molecule has 0 saturated carbocycles. The van der Waals surface area contributed by atoms with E-state index in [1.165, 1.54) is 0 Å². The van der Waals surface area contributed by atoms with Crippen molar-refractivity contribution in [3.05, 3.63) is 54.1 Å². The maximum Gasteiger partial charge on any atom is 0.253 e. The van der Waals surface area contributed by atoms with Gasteiger partial charge in [0, 0.05) is 31.1 Å². The zero-order valence-electron chi connectivity index (χ0n) is 15.4. The number of nitrogens with zero attached hydrogens (tertiary/aromatic N) is 2. The van der Waals surface area contributed by atoms with Crippen LogP contribution in [0.1, 0.15) is 10.4 Å². The van der Waals surface area contributed by atoms with Crippen molar-refractivity contribution in [2.24, 2.45) is 5.92 Å². The van der Waals surface area contributed by atoms with Crippen molar-refractivity contribution in [1.82, 2.24) is 9.80 Å². The van der Waals surface area contributed by atoms with Crippen LogP contribution in [0.15, 0.2) is 48.5 Å². The normalized spacial score (nSPS) is 18.0. The third-order valence-corrected chi connectivity index (χ3v) is 4.56. The molecule has 1 N–H and O–H groups in total. The van der Waals surface area contributed by atoms with E-state index in [0.29, 0.717) is 37.8 Å². The van der Waals surface area contributed by atoms with E-state index in [0.717, 1.165) is 17.7 Å². The molecule has 3 rings (SSSR count). The van der Waals surface area contributed by atoms with Gasteiger partial charge in [0.25, 0.3) is 5.91 Å². The maximum atomic E-state index is 13.0. The van der Waals surface area contributed by atoms with E-state index in [1.54, 1.807) is 12.1 Å². The van der Waals surface area contributed by atoms with E-state index >= 15 is 0 Å². The molecule has 1 aliphatic rings. The van der Waals surface area contributed by atoms with Crippen LogP contribution >= 0.6 is 0 Å². The number of hydrogen-bond acceptors (Lipinski definition) is 4. The summed E-state index contributed by atoms with van der Waals surface area (Å²) in [7, 11) is 4.08. The monoisotopic (exact) mass is 354 g/mol. The van der Waals surface area contributed by atoms with Crippen molar-refractivity contribution in [3.63, 3.8) is 0 Å². The van der Waals surface area contributed by atoms with Gasteiger partial charge < -0.3 is 19.6 Å². The SMILES string of the molecule is CN(C)C[C@H]1COCCN(C(=O)c2cccc(-c3ccc(O)cc3)c2)C1. The molecule has 1 fully saturated rings. The van der Waals surface area contributed by atoms with Crippen LogP contribution in [0.4, 0.5) is 0 Å². The maximum absolute atomic E-state index is 13.0. The van der Waals surface area contributed by atoms with Gasteiger partial charge in [-0.05, 0) is 49.5 Å². The summed E-state index contributed by atoms with van der Waals surface area (Å²) in [6, 6.07) is 14.7. The highest BCUT2D eigenvalue weighted by Crippen LogP contribution is 2.23. The standard InChI is InChI=1S/C21H26N2O3/c1-22(2)13-16-14-23(10-11-26-15-16)21(25)19-5-3-4-18(12-19)17-6-8-20(24)9-7-17/h3-9,12,16,24H,10-11,13-15H2,1-2H3/t16-/m1/s1. The lowest BCUT2D eigenvalue weighted by Crippen LogP contribution is -2.38. The molecule has 0 aliphatic carbocycles. The van der Waals surface area contributed by atoms with Gasteiger partial charge in [-0.3, -0.25) is 4.79 Å². The number of rotatable bonds is 4. The van der Waals surface area contributed by atoms with E-state index < -0.39 is 0 Å². The van der Waals surface area contributed by atoms with Gasteiger partial charge in [-0.25, -0.2) is 0 Å². The number of aromatic hydroxyl groups is 1. The van der Waals surface area contributed by atoms with Crippen LogP contribution in [0.25, 0.3) is 11.1 Å². The Labute approximate surface area is 154 Å². The predicted molar refractivity (Wildman–Crippen MR) is 102 cm³/mol. The van der Waals surface area contributed by atoms with Crippen LogP contribution in [0.3, 0.4) is 0 Å². The summed E-state index contributed by atoms with van der Waals surface area (Å²) >= 11 is 0. The molecule has 1 aliphatic heterocycles. The van der Waals surface area contributed by atoms with Crippen molar-refractivity contribution < 1.29 is 14.6 Å². The number of benzene rings is 2. The zero-order valence-corrected chi connectivity index (χ0v) is 15.4. The Bertz CT molecular complexity index is 743. The van der Waals surface area contributed by atoms with Crippen molar-refractivity contribution in [3.8, 4) is 16.9 Å². The first-order valence-electron chi connectivity index (χ1n) is 8.94. The summed E-state index contributed by atoms with van der Waals surface area (Å²) < 4.78 is 5.68. The molecule has 1 heterocycles. The molecule has 1 amide bonds. The molecule has 26 heavy (non-hydrogen) atoms. The first-order chi connectivity index (χ1) is 12.5. The molecule has 2 aromatic carbocycles. The minimum Gasteiger partial charge on any atom is -0.508 e. The van der Waals surface area contributed by atoms with Crippen molar-refractivity contribution in [1.29, 1.82) is 0 Å². The molecule has 0 unspecified atom stereocenters. The molecule has 0 radical (unpaired) electrons. The smallest absolute Gasteiger partial charge is 0.253 e. The van der Waals surface area contributed by atoms with Crippen molar-refractivity contribution in [2.45, 2.75) is 0 Å². The molecule has 5 nitrogen and oxygen atoms in total. The summed E-state index contributed by atoms with van der Waals surface area (Å²) in [5.41, 5.74) is 2.62. The number of phenols is 1. The number of amides is 1. The van der Waals surface area contributed by atoms with Gasteiger partial charge in [-0.1, -0.05) is 24.3 Å². The second-order valence-electron chi connectivity index (χ2n) is 7.08. The van der Waals surface area contributed by atoms with E-state index in [1.807, 2.05) is 55.4 Å². The molecule has 1 saturated heterocycles. The Morgan fingerprint density at radius 3 is 2.69 bits per heavy atom. The van der Waals surface area contributed by atoms with Crippen LogP contribution in [0, 0.1) is 5.92 Å². The van der Waals surface area contributed by atoms with Crippen molar-refractivity contribution >= 4 is 5.91 Å². The average Bonchev–Trinajstić information content (AvgIpc) is 2.87. The summed E-state index contributed by atoms with van der Waals surface area (Å²) in [6.45, 7) is 3.49. The van der Waals surface area contributed by atoms with Gasteiger partial charge in [0.15, 0.2) is 0 Å². The highest BCUT2D eigenvalue weighted by Gasteiger charge is 2.24. The Morgan fingerprint density at radius 1 is 1.19 bits per heavy atom. The minimum atomic E-state index is 0.0416. The van der Waals surface area contributed by atoms with Crippen LogP contribution in [-0.2, 0) is 4.74 Å². The van der Waals surface area contributed by atoms with Crippen LogP contribution < -0.4 is 0 Å². The third-order valence-electron chi connectivity index (χ3n) is 4.56.